The summed E-state index contributed by atoms with van der Waals surface area (Å²) in [6.07, 6.45) is 0. The predicted molar refractivity (Wildman–Crippen MR) is 81.5 cm³/mol. The van der Waals surface area contributed by atoms with E-state index in [9.17, 15) is 15.6 Å². The molecule has 0 atom stereocenters. The number of pyridine rings is 1. The van der Waals surface area contributed by atoms with Crippen molar-refractivity contribution in [2.24, 2.45) is 0 Å². The highest BCUT2D eigenvalue weighted by atomic mass is 32.2. The third-order valence-electron chi connectivity index (χ3n) is 2.85. The van der Waals surface area contributed by atoms with Crippen LogP contribution in [0.3, 0.4) is 0 Å². The first kappa shape index (κ1) is 15.2. The van der Waals surface area contributed by atoms with Crippen molar-refractivity contribution in [1.82, 2.24) is 4.98 Å². The van der Waals surface area contributed by atoms with E-state index in [1.165, 1.54) is 12.1 Å². The quantitative estimate of drug-likeness (QED) is 0.832. The molecule has 2 aromatic rings. The van der Waals surface area contributed by atoms with Crippen LogP contribution in [0.5, 0.6) is 5.75 Å². The maximum atomic E-state index is 9.44. The Morgan fingerprint density at radius 3 is 2.27 bits per heavy atom. The molecule has 0 fully saturated rings. The molecule has 0 bridgehead atoms. The van der Waals surface area contributed by atoms with E-state index < -0.39 is 0 Å². The lowest BCUT2D eigenvalue weighted by Gasteiger charge is -2.12. The molecule has 1 aromatic carbocycles. The number of thioether (sulfide) groups is 1. The van der Waals surface area contributed by atoms with E-state index >= 15 is 0 Å². The molecule has 0 amide bonds. The van der Waals surface area contributed by atoms with Crippen LogP contribution in [0.4, 0.5) is 5.82 Å². The lowest BCUT2D eigenvalue weighted by atomic mass is 9.97. The first-order chi connectivity index (χ1) is 10.6. The van der Waals surface area contributed by atoms with Crippen molar-refractivity contribution in [3.8, 4) is 35.1 Å². The van der Waals surface area contributed by atoms with Crippen molar-refractivity contribution in [3.63, 3.8) is 0 Å². The molecule has 0 spiro atoms. The maximum absolute atomic E-state index is 9.44. The van der Waals surface area contributed by atoms with Gasteiger partial charge in [0.05, 0.1) is 17.4 Å². The molecule has 0 unspecified atom stereocenters. The molecule has 0 saturated heterocycles. The van der Waals surface area contributed by atoms with Gasteiger partial charge in [-0.3, -0.25) is 0 Å². The Bertz CT molecular complexity index is 841. The molecule has 0 aliphatic heterocycles. The van der Waals surface area contributed by atoms with E-state index in [0.29, 0.717) is 16.2 Å². The number of nitrogen functional groups attached to an aromatic ring is 1. The standard InChI is InChI=1S/C15H9N5OS/c16-5-6-22-15-12(8-18)13(11(7-17)14(19)20-15)9-1-3-10(21)4-2-9/h1-4,21H,6H2,(H2,19,20). The molecular formula is C15H9N5OS. The average molecular weight is 307 g/mol. The highest BCUT2D eigenvalue weighted by molar-refractivity contribution is 7.99. The minimum absolute atomic E-state index is 0.00464. The Labute approximate surface area is 131 Å². The molecule has 2 rings (SSSR count). The summed E-state index contributed by atoms with van der Waals surface area (Å²) in [5.41, 5.74) is 7.03. The summed E-state index contributed by atoms with van der Waals surface area (Å²) < 4.78 is 0. The zero-order chi connectivity index (χ0) is 16.1. The summed E-state index contributed by atoms with van der Waals surface area (Å²) in [5, 5.41) is 37.1. The van der Waals surface area contributed by atoms with E-state index in [1.54, 1.807) is 12.1 Å². The molecule has 6 nitrogen and oxygen atoms in total. The first-order valence-electron chi connectivity index (χ1n) is 6.05. The summed E-state index contributed by atoms with van der Waals surface area (Å²) in [7, 11) is 0. The maximum Gasteiger partial charge on any atom is 0.143 e. The molecule has 22 heavy (non-hydrogen) atoms. The van der Waals surface area contributed by atoms with Gasteiger partial charge in [-0.05, 0) is 17.7 Å². The van der Waals surface area contributed by atoms with Crippen LogP contribution >= 0.6 is 11.8 Å². The van der Waals surface area contributed by atoms with Crippen LogP contribution in [0.2, 0.25) is 0 Å². The number of nitrogens with zero attached hydrogens (tertiary/aromatic N) is 4. The minimum Gasteiger partial charge on any atom is -0.508 e. The first-order valence-corrected chi connectivity index (χ1v) is 7.03. The SMILES string of the molecule is N#CCSc1nc(N)c(C#N)c(-c2ccc(O)cc2)c1C#N. The van der Waals surface area contributed by atoms with Crippen molar-refractivity contribution in [1.29, 1.82) is 15.8 Å². The van der Waals surface area contributed by atoms with Crippen LogP contribution in [0, 0.1) is 34.0 Å². The van der Waals surface area contributed by atoms with Gasteiger partial charge >= 0.3 is 0 Å². The van der Waals surface area contributed by atoms with E-state index in [4.69, 9.17) is 11.0 Å². The molecule has 0 radical (unpaired) electrons. The molecule has 106 valence electrons. The molecule has 0 aliphatic carbocycles. The van der Waals surface area contributed by atoms with Gasteiger partial charge in [-0.15, -0.1) is 0 Å². The summed E-state index contributed by atoms with van der Waals surface area (Å²) in [6.45, 7) is 0. The topological polar surface area (TPSA) is 131 Å². The van der Waals surface area contributed by atoms with Crippen LogP contribution < -0.4 is 5.73 Å². The lowest BCUT2D eigenvalue weighted by molar-refractivity contribution is 0.475. The average Bonchev–Trinajstić information content (AvgIpc) is 2.53. The van der Waals surface area contributed by atoms with Gasteiger partial charge in [-0.25, -0.2) is 4.98 Å². The van der Waals surface area contributed by atoms with Crippen LogP contribution in [0.25, 0.3) is 11.1 Å². The number of phenolic OH excluding ortho intramolecular Hbond substituents is 1. The van der Waals surface area contributed by atoms with Crippen molar-refractivity contribution in [2.45, 2.75) is 5.03 Å². The Balaban J connectivity index is 2.77. The van der Waals surface area contributed by atoms with Gasteiger partial charge in [0, 0.05) is 5.56 Å². The smallest absolute Gasteiger partial charge is 0.143 e. The van der Waals surface area contributed by atoms with E-state index in [1.807, 2.05) is 18.2 Å². The molecule has 3 N–H and O–H groups in total. The molecular weight excluding hydrogens is 298 g/mol. The third kappa shape index (κ3) is 2.78. The van der Waals surface area contributed by atoms with Crippen molar-refractivity contribution in [3.05, 3.63) is 35.4 Å². The summed E-state index contributed by atoms with van der Waals surface area (Å²) >= 11 is 1.08. The number of benzene rings is 1. The fourth-order valence-electron chi connectivity index (χ4n) is 1.92. The summed E-state index contributed by atoms with van der Waals surface area (Å²) in [5.74, 6) is 0.189. The number of aromatic nitrogens is 1. The Morgan fingerprint density at radius 2 is 1.73 bits per heavy atom. The Kier molecular flexibility index (Phi) is 4.48. The van der Waals surface area contributed by atoms with Gasteiger partial charge in [0.25, 0.3) is 0 Å². The zero-order valence-corrected chi connectivity index (χ0v) is 12.1. The lowest BCUT2D eigenvalue weighted by Crippen LogP contribution is -2.03. The monoisotopic (exact) mass is 307 g/mol. The van der Waals surface area contributed by atoms with Crippen LogP contribution in [0.15, 0.2) is 29.3 Å². The van der Waals surface area contributed by atoms with Crippen molar-refractivity contribution in [2.75, 3.05) is 11.5 Å². The summed E-state index contributed by atoms with van der Waals surface area (Å²) in [6, 6.07) is 12.0. The molecule has 1 heterocycles. The number of hydrogen-bond donors (Lipinski definition) is 2. The molecule has 0 aliphatic rings. The number of hydrogen-bond acceptors (Lipinski definition) is 7. The van der Waals surface area contributed by atoms with Crippen LogP contribution in [-0.4, -0.2) is 15.8 Å². The van der Waals surface area contributed by atoms with Gasteiger partial charge < -0.3 is 10.8 Å². The number of phenols is 1. The number of aromatic hydroxyl groups is 1. The van der Waals surface area contributed by atoms with Gasteiger partial charge in [-0.1, -0.05) is 23.9 Å². The van der Waals surface area contributed by atoms with Gasteiger partial charge in [0.2, 0.25) is 0 Å². The Hall–Kier alpha value is -3.21. The number of anilines is 1. The van der Waals surface area contributed by atoms with Crippen molar-refractivity contribution >= 4 is 17.6 Å². The van der Waals surface area contributed by atoms with Gasteiger partial charge in [-0.2, -0.15) is 15.8 Å². The largest absolute Gasteiger partial charge is 0.508 e. The summed E-state index contributed by atoms with van der Waals surface area (Å²) in [4.78, 5) is 4.05. The normalized spacial score (nSPS) is 9.50. The predicted octanol–water partition coefficient (Wildman–Crippen LogP) is 2.40. The second-order valence-electron chi connectivity index (χ2n) is 4.14. The van der Waals surface area contributed by atoms with Crippen molar-refractivity contribution < 1.29 is 5.11 Å². The highest BCUT2D eigenvalue weighted by Gasteiger charge is 2.20. The fourth-order valence-corrected chi connectivity index (χ4v) is 2.58. The number of rotatable bonds is 3. The number of nitriles is 3. The molecule has 0 saturated carbocycles. The van der Waals surface area contributed by atoms with Gasteiger partial charge in [0.1, 0.15) is 34.3 Å². The second kappa shape index (κ2) is 6.49. The van der Waals surface area contributed by atoms with E-state index in [-0.39, 0.29) is 28.4 Å². The van der Waals surface area contributed by atoms with Crippen LogP contribution in [-0.2, 0) is 0 Å². The molecule has 1 aromatic heterocycles. The van der Waals surface area contributed by atoms with E-state index in [0.717, 1.165) is 11.8 Å². The minimum atomic E-state index is 0.00464. The Morgan fingerprint density at radius 1 is 1.09 bits per heavy atom. The molecule has 7 heteroatoms. The fraction of sp³-hybridized carbons (Fsp3) is 0.0667. The zero-order valence-electron chi connectivity index (χ0n) is 11.2. The second-order valence-corrected chi connectivity index (χ2v) is 5.11. The van der Waals surface area contributed by atoms with Crippen LogP contribution in [0.1, 0.15) is 11.1 Å². The van der Waals surface area contributed by atoms with E-state index in [2.05, 4.69) is 4.98 Å². The third-order valence-corrected chi connectivity index (χ3v) is 3.69. The van der Waals surface area contributed by atoms with Gasteiger partial charge in [0.15, 0.2) is 0 Å². The number of nitrogens with two attached hydrogens (primary N) is 1. The highest BCUT2D eigenvalue weighted by Crippen LogP contribution is 2.35.